The van der Waals surface area contributed by atoms with Gasteiger partial charge in [0.05, 0.1) is 5.56 Å². The minimum absolute atomic E-state index is 0.0178. The van der Waals surface area contributed by atoms with Gasteiger partial charge < -0.3 is 4.74 Å². The lowest BCUT2D eigenvalue weighted by atomic mass is 10.2. The molecule has 0 aliphatic rings. The molecule has 0 N–H and O–H groups in total. The van der Waals surface area contributed by atoms with Crippen molar-refractivity contribution in [2.75, 3.05) is 0 Å². The number of aromatic nitrogens is 1. The van der Waals surface area contributed by atoms with Gasteiger partial charge in [0, 0.05) is 6.07 Å². The standard InChI is InChI=1S/C13H7ClF3NO2/c14-12(19)10-5-2-6-11(18-10)20-9-4-1-3-8(7-9)13(15,16)17/h1-7H. The van der Waals surface area contributed by atoms with E-state index in [-0.39, 0.29) is 17.3 Å². The molecule has 0 unspecified atom stereocenters. The van der Waals surface area contributed by atoms with Crippen molar-refractivity contribution >= 4 is 16.8 Å². The Morgan fingerprint density at radius 1 is 1.15 bits per heavy atom. The summed E-state index contributed by atoms with van der Waals surface area (Å²) in [7, 11) is 0. The van der Waals surface area contributed by atoms with E-state index < -0.39 is 17.0 Å². The van der Waals surface area contributed by atoms with Crippen LogP contribution in [0.25, 0.3) is 0 Å². The number of benzene rings is 1. The highest BCUT2D eigenvalue weighted by Gasteiger charge is 2.30. The van der Waals surface area contributed by atoms with Gasteiger partial charge in [-0.2, -0.15) is 13.2 Å². The molecular formula is C13H7ClF3NO2. The second-order valence-corrected chi connectivity index (χ2v) is 4.11. The second-order valence-electron chi connectivity index (χ2n) is 3.76. The molecule has 0 saturated heterocycles. The summed E-state index contributed by atoms with van der Waals surface area (Å²) in [4.78, 5) is 14.7. The average Bonchev–Trinajstić information content (AvgIpc) is 2.38. The van der Waals surface area contributed by atoms with Gasteiger partial charge in [-0.15, -0.1) is 0 Å². The number of hydrogen-bond acceptors (Lipinski definition) is 3. The number of rotatable bonds is 3. The molecule has 0 spiro atoms. The molecule has 1 heterocycles. The topological polar surface area (TPSA) is 39.2 Å². The number of pyridine rings is 1. The average molecular weight is 302 g/mol. The van der Waals surface area contributed by atoms with E-state index in [4.69, 9.17) is 16.3 Å². The summed E-state index contributed by atoms with van der Waals surface area (Å²) in [5.41, 5.74) is -0.879. The molecule has 0 atom stereocenters. The molecule has 0 fully saturated rings. The number of carbonyl (C=O) groups excluding carboxylic acids is 1. The van der Waals surface area contributed by atoms with Crippen molar-refractivity contribution in [2.45, 2.75) is 6.18 Å². The highest BCUT2D eigenvalue weighted by Crippen LogP contribution is 2.32. The van der Waals surface area contributed by atoms with E-state index >= 15 is 0 Å². The molecule has 3 nitrogen and oxygen atoms in total. The Kier molecular flexibility index (Phi) is 3.94. The van der Waals surface area contributed by atoms with Crippen molar-refractivity contribution in [2.24, 2.45) is 0 Å². The Morgan fingerprint density at radius 2 is 1.85 bits per heavy atom. The molecule has 0 aliphatic heterocycles. The van der Waals surface area contributed by atoms with Crippen LogP contribution in [-0.4, -0.2) is 10.2 Å². The Morgan fingerprint density at radius 3 is 2.50 bits per heavy atom. The van der Waals surface area contributed by atoms with Crippen LogP contribution in [0.2, 0.25) is 0 Å². The van der Waals surface area contributed by atoms with E-state index in [0.717, 1.165) is 12.1 Å². The monoisotopic (exact) mass is 301 g/mol. The molecule has 104 valence electrons. The van der Waals surface area contributed by atoms with E-state index in [2.05, 4.69) is 4.98 Å². The van der Waals surface area contributed by atoms with Crippen molar-refractivity contribution < 1.29 is 22.7 Å². The van der Waals surface area contributed by atoms with Crippen LogP contribution in [0.1, 0.15) is 16.1 Å². The summed E-state index contributed by atoms with van der Waals surface area (Å²) in [5, 5.41) is -0.778. The molecule has 0 bridgehead atoms. The normalized spacial score (nSPS) is 11.2. The maximum absolute atomic E-state index is 12.5. The molecule has 1 aromatic carbocycles. The van der Waals surface area contributed by atoms with Gasteiger partial charge in [0.15, 0.2) is 0 Å². The van der Waals surface area contributed by atoms with Crippen LogP contribution in [0.15, 0.2) is 42.5 Å². The summed E-state index contributed by atoms with van der Waals surface area (Å²) in [6.07, 6.45) is -4.46. The van der Waals surface area contributed by atoms with Gasteiger partial charge in [0.1, 0.15) is 11.4 Å². The molecule has 2 aromatic rings. The molecule has 2 rings (SSSR count). The lowest BCUT2D eigenvalue weighted by Gasteiger charge is -2.09. The van der Waals surface area contributed by atoms with Crippen LogP contribution >= 0.6 is 11.6 Å². The number of carbonyl (C=O) groups is 1. The highest BCUT2D eigenvalue weighted by atomic mass is 35.5. The van der Waals surface area contributed by atoms with Crippen molar-refractivity contribution in [3.05, 3.63) is 53.7 Å². The van der Waals surface area contributed by atoms with Crippen LogP contribution < -0.4 is 4.74 Å². The van der Waals surface area contributed by atoms with Gasteiger partial charge >= 0.3 is 6.18 Å². The highest BCUT2D eigenvalue weighted by molar-refractivity contribution is 6.67. The maximum Gasteiger partial charge on any atom is 0.416 e. The minimum atomic E-state index is -4.46. The molecule has 0 amide bonds. The Labute approximate surface area is 117 Å². The zero-order valence-corrected chi connectivity index (χ0v) is 10.6. The first-order valence-corrected chi connectivity index (χ1v) is 5.76. The Bertz CT molecular complexity index is 644. The van der Waals surface area contributed by atoms with Crippen molar-refractivity contribution in [1.29, 1.82) is 0 Å². The van der Waals surface area contributed by atoms with E-state index in [1.54, 1.807) is 0 Å². The van der Waals surface area contributed by atoms with Gasteiger partial charge in [0.25, 0.3) is 5.24 Å². The second kappa shape index (κ2) is 5.50. The minimum Gasteiger partial charge on any atom is -0.439 e. The van der Waals surface area contributed by atoms with E-state index in [1.165, 1.54) is 30.3 Å². The third kappa shape index (κ3) is 3.48. The zero-order chi connectivity index (χ0) is 14.8. The van der Waals surface area contributed by atoms with Gasteiger partial charge in [0.2, 0.25) is 5.88 Å². The van der Waals surface area contributed by atoms with Crippen LogP contribution in [0.5, 0.6) is 11.6 Å². The van der Waals surface area contributed by atoms with Crippen LogP contribution in [0.4, 0.5) is 13.2 Å². The SMILES string of the molecule is O=C(Cl)c1cccc(Oc2cccc(C(F)(F)F)c2)n1. The summed E-state index contributed by atoms with van der Waals surface area (Å²) in [6, 6.07) is 8.58. The molecule has 20 heavy (non-hydrogen) atoms. The number of halogens is 4. The number of nitrogens with zero attached hydrogens (tertiary/aromatic N) is 1. The van der Waals surface area contributed by atoms with Crippen LogP contribution in [0, 0.1) is 0 Å². The van der Waals surface area contributed by atoms with Crippen molar-refractivity contribution in [3.8, 4) is 11.6 Å². The van der Waals surface area contributed by atoms with Crippen molar-refractivity contribution in [1.82, 2.24) is 4.98 Å². The fourth-order valence-electron chi connectivity index (χ4n) is 1.44. The Balaban J connectivity index is 2.26. The summed E-state index contributed by atoms with van der Waals surface area (Å²) < 4.78 is 42.8. The zero-order valence-electron chi connectivity index (χ0n) is 9.82. The lowest BCUT2D eigenvalue weighted by molar-refractivity contribution is -0.137. The van der Waals surface area contributed by atoms with E-state index in [9.17, 15) is 18.0 Å². The summed E-state index contributed by atoms with van der Waals surface area (Å²) in [5.74, 6) is -0.0534. The van der Waals surface area contributed by atoms with Gasteiger partial charge in [-0.25, -0.2) is 4.98 Å². The molecular weight excluding hydrogens is 295 g/mol. The molecule has 0 radical (unpaired) electrons. The fraction of sp³-hybridized carbons (Fsp3) is 0.0769. The van der Waals surface area contributed by atoms with Gasteiger partial charge in [-0.05, 0) is 35.9 Å². The number of alkyl halides is 3. The molecule has 7 heteroatoms. The first kappa shape index (κ1) is 14.3. The molecule has 0 saturated carbocycles. The van der Waals surface area contributed by atoms with Gasteiger partial charge in [-0.3, -0.25) is 4.79 Å². The molecule has 1 aromatic heterocycles. The van der Waals surface area contributed by atoms with E-state index in [1.807, 2.05) is 0 Å². The fourth-order valence-corrected chi connectivity index (χ4v) is 1.54. The van der Waals surface area contributed by atoms with Gasteiger partial charge in [-0.1, -0.05) is 12.1 Å². The third-order valence-electron chi connectivity index (χ3n) is 2.31. The maximum atomic E-state index is 12.5. The first-order valence-electron chi connectivity index (χ1n) is 5.38. The van der Waals surface area contributed by atoms with Crippen LogP contribution in [0.3, 0.4) is 0 Å². The van der Waals surface area contributed by atoms with E-state index in [0.29, 0.717) is 0 Å². The predicted molar refractivity (Wildman–Crippen MR) is 65.9 cm³/mol. The number of ether oxygens (including phenoxy) is 1. The summed E-state index contributed by atoms with van der Waals surface area (Å²) >= 11 is 5.26. The van der Waals surface area contributed by atoms with Crippen molar-refractivity contribution in [3.63, 3.8) is 0 Å². The Hall–Kier alpha value is -2.08. The lowest BCUT2D eigenvalue weighted by Crippen LogP contribution is -2.04. The molecule has 0 aliphatic carbocycles. The first-order chi connectivity index (χ1) is 9.36. The predicted octanol–water partition coefficient (Wildman–Crippen LogP) is 4.27. The van der Waals surface area contributed by atoms with Crippen LogP contribution in [-0.2, 0) is 6.18 Å². The number of hydrogen-bond donors (Lipinski definition) is 0. The third-order valence-corrected chi connectivity index (χ3v) is 2.50. The smallest absolute Gasteiger partial charge is 0.416 e. The quantitative estimate of drug-likeness (QED) is 0.795. The summed E-state index contributed by atoms with van der Waals surface area (Å²) in [6.45, 7) is 0. The largest absolute Gasteiger partial charge is 0.439 e.